The first-order valence-electron chi connectivity index (χ1n) is 4.61. The van der Waals surface area contributed by atoms with E-state index in [1.165, 1.54) is 0 Å². The summed E-state index contributed by atoms with van der Waals surface area (Å²) in [5.74, 6) is -1.12. The molecule has 1 rings (SSSR count). The van der Waals surface area contributed by atoms with Crippen LogP contribution in [-0.4, -0.2) is 79.8 Å². The van der Waals surface area contributed by atoms with Crippen LogP contribution in [0.15, 0.2) is 0 Å². The van der Waals surface area contributed by atoms with Crippen molar-refractivity contribution < 1.29 is 40.2 Å². The van der Waals surface area contributed by atoms with Gasteiger partial charge in [0, 0.05) is 0 Å². The van der Waals surface area contributed by atoms with Gasteiger partial charge in [0.05, 0.1) is 6.61 Å². The highest BCUT2D eigenvalue weighted by Gasteiger charge is 2.48. The third kappa shape index (κ3) is 2.32. The summed E-state index contributed by atoms with van der Waals surface area (Å²) in [4.78, 5) is 10.8. The highest BCUT2D eigenvalue weighted by Crippen LogP contribution is 2.21. The molecule has 0 aromatic heterocycles. The molecule has 1 saturated heterocycles. The number of rotatable bonds is 4. The highest BCUT2D eigenvalue weighted by molar-refractivity contribution is 5.77. The van der Waals surface area contributed by atoms with E-state index in [0.29, 0.717) is 0 Å². The number of ether oxygens (including phenoxy) is 1. The molecule has 0 bridgehead atoms. The van der Waals surface area contributed by atoms with Crippen LogP contribution in [0.25, 0.3) is 0 Å². The van der Waals surface area contributed by atoms with Crippen LogP contribution in [0, 0.1) is 0 Å². The third-order valence-corrected chi connectivity index (χ3v) is 2.42. The Labute approximate surface area is 90.3 Å². The van der Waals surface area contributed by atoms with Gasteiger partial charge in [-0.1, -0.05) is 0 Å². The Kier molecular flexibility index (Phi) is 4.19. The minimum Gasteiger partial charge on any atom is -0.455 e. The van der Waals surface area contributed by atoms with Crippen LogP contribution < -0.4 is 0 Å². The Balaban J connectivity index is 2.68. The number of hydrogen-bond donors (Lipinski definition) is 6. The molecule has 0 aromatic carbocycles. The summed E-state index contributed by atoms with van der Waals surface area (Å²) in [6, 6.07) is 0. The molecule has 1 heterocycles. The van der Waals surface area contributed by atoms with Crippen LogP contribution in [-0.2, 0) is 9.53 Å². The zero-order valence-corrected chi connectivity index (χ0v) is 8.17. The van der Waals surface area contributed by atoms with E-state index in [4.69, 9.17) is 15.3 Å². The third-order valence-electron chi connectivity index (χ3n) is 2.42. The lowest BCUT2D eigenvalue weighted by Gasteiger charge is -2.26. The predicted octanol–water partition coefficient (Wildman–Crippen LogP) is -4.29. The highest BCUT2D eigenvalue weighted by atomic mass is 16.6. The molecular weight excluding hydrogens is 224 g/mol. The van der Waals surface area contributed by atoms with Gasteiger partial charge in [0.1, 0.15) is 24.4 Å². The van der Waals surface area contributed by atoms with Gasteiger partial charge in [-0.2, -0.15) is 0 Å². The van der Waals surface area contributed by atoms with Crippen molar-refractivity contribution in [2.45, 2.75) is 36.6 Å². The predicted molar refractivity (Wildman–Crippen MR) is 47.0 cm³/mol. The molecule has 0 aromatic rings. The Morgan fingerprint density at radius 2 is 1.81 bits per heavy atom. The minimum atomic E-state index is -1.81. The molecular formula is C8H14O8. The van der Waals surface area contributed by atoms with Gasteiger partial charge >= 0.3 is 5.97 Å². The molecule has 0 spiro atoms. The maximum atomic E-state index is 10.8. The zero-order valence-electron chi connectivity index (χ0n) is 8.17. The van der Waals surface area contributed by atoms with Crippen LogP contribution in [0.1, 0.15) is 0 Å². The maximum Gasteiger partial charge on any atom is 0.338 e. The van der Waals surface area contributed by atoms with Crippen LogP contribution in [0.4, 0.5) is 0 Å². The van der Waals surface area contributed by atoms with E-state index >= 15 is 0 Å². The molecule has 0 unspecified atom stereocenters. The lowest BCUT2D eigenvalue weighted by molar-refractivity contribution is -0.159. The molecule has 0 amide bonds. The number of aliphatic hydroxyl groups excluding tert-OH is 6. The van der Waals surface area contributed by atoms with E-state index < -0.39 is 49.2 Å². The quantitative estimate of drug-likeness (QED) is 0.269. The van der Waals surface area contributed by atoms with Crippen molar-refractivity contribution in [2.24, 2.45) is 0 Å². The summed E-state index contributed by atoms with van der Waals surface area (Å²) in [6.45, 7) is -0.808. The van der Waals surface area contributed by atoms with Crippen molar-refractivity contribution in [3.63, 3.8) is 0 Å². The first-order chi connectivity index (χ1) is 7.40. The fraction of sp³-hybridized carbons (Fsp3) is 0.875. The Morgan fingerprint density at radius 3 is 2.19 bits per heavy atom. The topological polar surface area (TPSA) is 148 Å². The van der Waals surface area contributed by atoms with E-state index in [9.17, 15) is 20.1 Å². The average molecular weight is 238 g/mol. The first-order valence-corrected chi connectivity index (χ1v) is 4.61. The number of carbonyl (C=O) groups excluding carboxylic acids is 1. The van der Waals surface area contributed by atoms with Gasteiger partial charge in [-0.25, -0.2) is 4.79 Å². The molecule has 16 heavy (non-hydrogen) atoms. The van der Waals surface area contributed by atoms with Gasteiger partial charge in [-0.3, -0.25) is 0 Å². The minimum absolute atomic E-state index is 0.808. The lowest BCUT2D eigenvalue weighted by Crippen LogP contribution is -2.50. The van der Waals surface area contributed by atoms with E-state index in [0.717, 1.165) is 0 Å². The molecule has 8 nitrogen and oxygen atoms in total. The molecule has 8 heteroatoms. The van der Waals surface area contributed by atoms with Gasteiger partial charge in [-0.15, -0.1) is 0 Å². The molecule has 1 aliphatic heterocycles. The van der Waals surface area contributed by atoms with Crippen LogP contribution in [0.3, 0.4) is 0 Å². The zero-order chi connectivity index (χ0) is 12.5. The van der Waals surface area contributed by atoms with E-state index in [-0.39, 0.29) is 0 Å². The van der Waals surface area contributed by atoms with Crippen molar-refractivity contribution in [3.8, 4) is 0 Å². The monoisotopic (exact) mass is 238 g/mol. The van der Waals surface area contributed by atoms with E-state index in [1.54, 1.807) is 0 Å². The summed E-state index contributed by atoms with van der Waals surface area (Å²) in [6.07, 6.45) is -10.3. The summed E-state index contributed by atoms with van der Waals surface area (Å²) in [7, 11) is 0. The molecule has 94 valence electrons. The van der Waals surface area contributed by atoms with Crippen LogP contribution in [0.2, 0.25) is 0 Å². The molecule has 6 atom stereocenters. The Bertz CT molecular complexity index is 256. The first kappa shape index (κ1) is 13.3. The summed E-state index contributed by atoms with van der Waals surface area (Å²) < 4.78 is 4.42. The Hall–Kier alpha value is -0.770. The Morgan fingerprint density at radius 1 is 1.25 bits per heavy atom. The van der Waals surface area contributed by atoms with Crippen molar-refractivity contribution in [1.29, 1.82) is 0 Å². The number of cyclic esters (lactones) is 1. The second-order valence-electron chi connectivity index (χ2n) is 3.57. The average Bonchev–Trinajstić information content (AvgIpc) is 2.54. The smallest absolute Gasteiger partial charge is 0.338 e. The van der Waals surface area contributed by atoms with E-state index in [1.807, 2.05) is 0 Å². The number of aliphatic hydroxyl groups is 6. The lowest BCUT2D eigenvalue weighted by atomic mass is 9.99. The fourth-order valence-electron chi connectivity index (χ4n) is 1.39. The standard InChI is InChI=1S/C8H14O8/c9-1-2(10)3(11)4(12)7-5(13)6(14)8(15)16-7/h2-7,9-14H,1H2/t2-,3+,4+,5-,6+,7+/m1/s1. The van der Waals surface area contributed by atoms with Crippen molar-refractivity contribution in [1.82, 2.24) is 0 Å². The molecule has 1 fully saturated rings. The van der Waals surface area contributed by atoms with Crippen LogP contribution >= 0.6 is 0 Å². The van der Waals surface area contributed by atoms with Gasteiger partial charge in [0.2, 0.25) is 0 Å². The second-order valence-corrected chi connectivity index (χ2v) is 3.57. The van der Waals surface area contributed by atoms with Crippen molar-refractivity contribution >= 4 is 5.97 Å². The summed E-state index contributed by atoms with van der Waals surface area (Å²) in [5.41, 5.74) is 0. The van der Waals surface area contributed by atoms with Crippen molar-refractivity contribution in [2.75, 3.05) is 6.61 Å². The molecule has 6 N–H and O–H groups in total. The van der Waals surface area contributed by atoms with Crippen LogP contribution in [0.5, 0.6) is 0 Å². The van der Waals surface area contributed by atoms with E-state index in [2.05, 4.69) is 4.74 Å². The van der Waals surface area contributed by atoms with Gasteiger partial charge in [0.25, 0.3) is 0 Å². The second kappa shape index (κ2) is 5.04. The number of carbonyl (C=O) groups is 1. The number of esters is 1. The largest absolute Gasteiger partial charge is 0.455 e. The summed E-state index contributed by atoms with van der Waals surface area (Å²) in [5, 5.41) is 54.6. The molecule has 0 saturated carbocycles. The van der Waals surface area contributed by atoms with Crippen molar-refractivity contribution in [3.05, 3.63) is 0 Å². The molecule has 0 aliphatic carbocycles. The fourth-order valence-corrected chi connectivity index (χ4v) is 1.39. The summed E-state index contributed by atoms with van der Waals surface area (Å²) >= 11 is 0. The number of hydrogen-bond acceptors (Lipinski definition) is 8. The molecule has 1 aliphatic rings. The maximum absolute atomic E-state index is 10.8. The molecule has 0 radical (unpaired) electrons. The van der Waals surface area contributed by atoms with Gasteiger partial charge in [0.15, 0.2) is 12.2 Å². The van der Waals surface area contributed by atoms with Gasteiger partial charge in [-0.05, 0) is 0 Å². The van der Waals surface area contributed by atoms with Gasteiger partial charge < -0.3 is 35.4 Å². The SMILES string of the molecule is O=C1O[C@@H]([C@@H](O)[C@@H](O)[C@H](O)CO)[C@H](O)[C@@H]1O. The normalized spacial score (nSPS) is 35.6.